The second-order valence-electron chi connectivity index (χ2n) is 5.27. The summed E-state index contributed by atoms with van der Waals surface area (Å²) in [6.45, 7) is 7.82. The van der Waals surface area contributed by atoms with Gasteiger partial charge in [0.05, 0.1) is 13.2 Å². The third kappa shape index (κ3) is 5.84. The molecule has 0 radical (unpaired) electrons. The van der Waals surface area contributed by atoms with Gasteiger partial charge >= 0.3 is 5.97 Å². The number of hydrogen-bond acceptors (Lipinski definition) is 5. The van der Waals surface area contributed by atoms with Crippen molar-refractivity contribution in [3.05, 3.63) is 11.6 Å². The molecule has 1 aliphatic rings. The second kappa shape index (κ2) is 7.55. The molecule has 114 valence electrons. The van der Waals surface area contributed by atoms with Crippen molar-refractivity contribution >= 4 is 11.8 Å². The molecule has 0 bridgehead atoms. The van der Waals surface area contributed by atoms with Gasteiger partial charge in [-0.1, -0.05) is 0 Å². The molecule has 5 nitrogen and oxygen atoms in total. The molecule has 1 fully saturated rings. The summed E-state index contributed by atoms with van der Waals surface area (Å²) in [5, 5.41) is 0. The van der Waals surface area contributed by atoms with E-state index >= 15 is 0 Å². The highest BCUT2D eigenvalue weighted by atomic mass is 16.7. The van der Waals surface area contributed by atoms with Crippen LogP contribution in [0.5, 0.6) is 0 Å². The van der Waals surface area contributed by atoms with Crippen molar-refractivity contribution in [1.82, 2.24) is 0 Å². The van der Waals surface area contributed by atoms with E-state index in [9.17, 15) is 9.59 Å². The van der Waals surface area contributed by atoms with Crippen molar-refractivity contribution in [2.45, 2.75) is 58.8 Å². The Morgan fingerprint density at radius 2 is 2.05 bits per heavy atom. The van der Waals surface area contributed by atoms with E-state index in [1.807, 2.05) is 19.9 Å². The van der Waals surface area contributed by atoms with E-state index in [2.05, 4.69) is 0 Å². The van der Waals surface area contributed by atoms with Crippen molar-refractivity contribution in [2.24, 2.45) is 0 Å². The summed E-state index contributed by atoms with van der Waals surface area (Å²) in [4.78, 5) is 22.9. The number of ketones is 1. The van der Waals surface area contributed by atoms with Crippen LogP contribution in [0.3, 0.4) is 0 Å². The topological polar surface area (TPSA) is 61.8 Å². The third-order valence-corrected chi connectivity index (χ3v) is 3.00. The summed E-state index contributed by atoms with van der Waals surface area (Å²) in [5.41, 5.74) is 0.681. The third-order valence-electron chi connectivity index (χ3n) is 3.00. The molecule has 0 aromatic heterocycles. The van der Waals surface area contributed by atoms with Crippen molar-refractivity contribution in [3.63, 3.8) is 0 Å². The molecule has 0 amide bonds. The fourth-order valence-corrected chi connectivity index (χ4v) is 2.05. The molecule has 0 saturated carbocycles. The monoisotopic (exact) mass is 284 g/mol. The van der Waals surface area contributed by atoms with Crippen LogP contribution >= 0.6 is 0 Å². The first-order chi connectivity index (χ1) is 9.34. The van der Waals surface area contributed by atoms with Crippen LogP contribution in [0.4, 0.5) is 0 Å². The minimum absolute atomic E-state index is 0.00200. The Balaban J connectivity index is 2.49. The van der Waals surface area contributed by atoms with Crippen LogP contribution in [0.2, 0.25) is 0 Å². The molecule has 5 heteroatoms. The van der Waals surface area contributed by atoms with Crippen molar-refractivity contribution in [2.75, 3.05) is 13.2 Å². The molecule has 20 heavy (non-hydrogen) atoms. The quantitative estimate of drug-likeness (QED) is 0.530. The van der Waals surface area contributed by atoms with E-state index in [0.29, 0.717) is 38.0 Å². The van der Waals surface area contributed by atoms with Gasteiger partial charge in [-0.2, -0.15) is 0 Å². The maximum atomic E-state index is 11.6. The molecule has 1 saturated heterocycles. The average molecular weight is 284 g/mol. The molecule has 0 aromatic carbocycles. The van der Waals surface area contributed by atoms with Crippen molar-refractivity contribution in [1.29, 1.82) is 0 Å². The van der Waals surface area contributed by atoms with Crippen LogP contribution in [0.25, 0.3) is 0 Å². The first-order valence-electron chi connectivity index (χ1n) is 7.03. The Labute approximate surface area is 120 Å². The van der Waals surface area contributed by atoms with E-state index in [-0.39, 0.29) is 17.9 Å². The lowest BCUT2D eigenvalue weighted by Crippen LogP contribution is -2.21. The summed E-state index contributed by atoms with van der Waals surface area (Å²) < 4.78 is 16.0. The molecule has 0 aliphatic carbocycles. The molecular formula is C15H24O5. The number of rotatable bonds is 7. The van der Waals surface area contributed by atoms with Gasteiger partial charge in [-0.15, -0.1) is 0 Å². The fourth-order valence-electron chi connectivity index (χ4n) is 2.05. The normalized spacial score (nSPS) is 21.8. The van der Waals surface area contributed by atoms with E-state index in [0.717, 1.165) is 0 Å². The number of ether oxygens (including phenoxy) is 3. The Bertz CT molecular complexity index is 384. The van der Waals surface area contributed by atoms with Crippen LogP contribution in [0.1, 0.15) is 47.0 Å². The van der Waals surface area contributed by atoms with Gasteiger partial charge in [-0.05, 0) is 52.2 Å². The number of allylic oxidation sites excluding steroid dienone is 1. The van der Waals surface area contributed by atoms with Crippen LogP contribution in [-0.2, 0) is 23.8 Å². The summed E-state index contributed by atoms with van der Waals surface area (Å²) in [5.74, 6) is -0.826. The lowest BCUT2D eigenvalue weighted by Gasteiger charge is -2.16. The van der Waals surface area contributed by atoms with E-state index in [1.54, 1.807) is 6.92 Å². The maximum absolute atomic E-state index is 11.6. The Kier molecular flexibility index (Phi) is 6.36. The van der Waals surface area contributed by atoms with Gasteiger partial charge in [-0.25, -0.2) is 0 Å². The zero-order chi connectivity index (χ0) is 15.2. The molecular weight excluding hydrogens is 260 g/mol. The SMILES string of the molecule is CCOC(=O)CCC/C(=C\[C@H]1COC(C)(C)O1)C(C)=O. The van der Waals surface area contributed by atoms with Crippen LogP contribution in [-0.4, -0.2) is 36.9 Å². The van der Waals surface area contributed by atoms with Crippen molar-refractivity contribution in [3.8, 4) is 0 Å². The van der Waals surface area contributed by atoms with Crippen LogP contribution < -0.4 is 0 Å². The zero-order valence-corrected chi connectivity index (χ0v) is 12.7. The van der Waals surface area contributed by atoms with Gasteiger partial charge in [0.1, 0.15) is 6.10 Å². The lowest BCUT2D eigenvalue weighted by molar-refractivity contribution is -0.143. The smallest absolute Gasteiger partial charge is 0.305 e. The Morgan fingerprint density at radius 3 is 2.55 bits per heavy atom. The largest absolute Gasteiger partial charge is 0.466 e. The number of carbonyl (C=O) groups is 2. The van der Waals surface area contributed by atoms with E-state index in [1.165, 1.54) is 6.92 Å². The Morgan fingerprint density at radius 1 is 1.35 bits per heavy atom. The average Bonchev–Trinajstić information content (AvgIpc) is 2.67. The molecule has 0 spiro atoms. The molecule has 1 heterocycles. The minimum atomic E-state index is -0.603. The molecule has 0 unspecified atom stereocenters. The number of Topliss-reactive ketones (excluding diaryl/α,β-unsaturated/α-hetero) is 1. The lowest BCUT2D eigenvalue weighted by atomic mass is 10.0. The summed E-state index contributed by atoms with van der Waals surface area (Å²) in [6, 6.07) is 0. The maximum Gasteiger partial charge on any atom is 0.305 e. The summed E-state index contributed by atoms with van der Waals surface area (Å²) >= 11 is 0. The molecule has 1 aliphatic heterocycles. The van der Waals surface area contributed by atoms with E-state index in [4.69, 9.17) is 14.2 Å². The van der Waals surface area contributed by atoms with Gasteiger partial charge in [0.15, 0.2) is 11.6 Å². The first-order valence-corrected chi connectivity index (χ1v) is 7.03. The minimum Gasteiger partial charge on any atom is -0.466 e. The summed E-state index contributed by atoms with van der Waals surface area (Å²) in [7, 11) is 0. The fraction of sp³-hybridized carbons (Fsp3) is 0.733. The van der Waals surface area contributed by atoms with Gasteiger partial charge in [-0.3, -0.25) is 9.59 Å². The highest BCUT2D eigenvalue weighted by Gasteiger charge is 2.31. The Hall–Kier alpha value is -1.20. The van der Waals surface area contributed by atoms with Gasteiger partial charge in [0.2, 0.25) is 0 Å². The summed E-state index contributed by atoms with van der Waals surface area (Å²) in [6.07, 6.45) is 3.08. The number of hydrogen-bond donors (Lipinski definition) is 0. The van der Waals surface area contributed by atoms with Gasteiger partial charge in [0.25, 0.3) is 0 Å². The molecule has 0 aromatic rings. The molecule has 1 atom stereocenters. The second-order valence-corrected chi connectivity index (χ2v) is 5.27. The number of esters is 1. The van der Waals surface area contributed by atoms with E-state index < -0.39 is 5.79 Å². The van der Waals surface area contributed by atoms with Crippen LogP contribution in [0.15, 0.2) is 11.6 Å². The number of carbonyl (C=O) groups excluding carboxylic acids is 2. The van der Waals surface area contributed by atoms with Gasteiger partial charge < -0.3 is 14.2 Å². The first kappa shape index (κ1) is 16.9. The predicted molar refractivity (Wildman–Crippen MR) is 74.2 cm³/mol. The standard InChI is InChI=1S/C15H24O5/c1-5-18-14(17)8-6-7-12(11(2)16)9-13-10-19-15(3,4)20-13/h9,13H,5-8,10H2,1-4H3/b12-9+/t13-/m0/s1. The predicted octanol–water partition coefficient (Wildman–Crippen LogP) is 2.39. The van der Waals surface area contributed by atoms with Crippen molar-refractivity contribution < 1.29 is 23.8 Å². The molecule has 0 N–H and O–H groups in total. The molecule has 1 rings (SSSR count). The zero-order valence-electron chi connectivity index (χ0n) is 12.7. The highest BCUT2D eigenvalue weighted by molar-refractivity contribution is 5.93. The highest BCUT2D eigenvalue weighted by Crippen LogP contribution is 2.24. The van der Waals surface area contributed by atoms with Crippen LogP contribution in [0, 0.1) is 0 Å². The van der Waals surface area contributed by atoms with Gasteiger partial charge in [0, 0.05) is 6.42 Å².